The first kappa shape index (κ1) is 20.3. The lowest BCUT2D eigenvalue weighted by molar-refractivity contribution is -0.144. The summed E-state index contributed by atoms with van der Waals surface area (Å²) in [6.07, 6.45) is 3.15. The van der Waals surface area contributed by atoms with Crippen molar-refractivity contribution in [3.8, 4) is 0 Å². The summed E-state index contributed by atoms with van der Waals surface area (Å²) >= 11 is 0. The summed E-state index contributed by atoms with van der Waals surface area (Å²) in [5.41, 5.74) is 2.94. The fourth-order valence-corrected chi connectivity index (χ4v) is 4.72. The van der Waals surface area contributed by atoms with Gasteiger partial charge in [-0.3, -0.25) is 14.5 Å². The second-order valence-corrected chi connectivity index (χ2v) is 8.19. The number of rotatable bonds is 6. The first-order valence-electron chi connectivity index (χ1n) is 10.6. The number of nitrogens with zero attached hydrogens (tertiary/aromatic N) is 3. The summed E-state index contributed by atoms with van der Waals surface area (Å²) in [7, 11) is 0. The van der Waals surface area contributed by atoms with E-state index in [2.05, 4.69) is 4.98 Å². The average molecular weight is 433 g/mol. The maximum absolute atomic E-state index is 12.3. The maximum atomic E-state index is 12.3. The van der Waals surface area contributed by atoms with Crippen LogP contribution in [-0.2, 0) is 16.1 Å². The van der Waals surface area contributed by atoms with E-state index in [-0.39, 0.29) is 12.5 Å². The van der Waals surface area contributed by atoms with Crippen LogP contribution in [0.2, 0.25) is 0 Å². The van der Waals surface area contributed by atoms with Gasteiger partial charge in [0.2, 0.25) is 0 Å². The molecule has 2 N–H and O–H groups in total. The summed E-state index contributed by atoms with van der Waals surface area (Å²) in [6, 6.07) is 14.2. The molecule has 1 atom stereocenters. The third-order valence-corrected chi connectivity index (χ3v) is 6.21. The number of fused-ring (bicyclic) bond motifs is 2. The lowest BCUT2D eigenvalue weighted by Gasteiger charge is -2.34. The summed E-state index contributed by atoms with van der Waals surface area (Å²) in [4.78, 5) is 30.2. The van der Waals surface area contributed by atoms with Crippen molar-refractivity contribution >= 4 is 33.9 Å². The number of hydrogen-bond acceptors (Lipinski definition) is 5. The third kappa shape index (κ3) is 3.62. The lowest BCUT2D eigenvalue weighted by Crippen LogP contribution is -2.39. The van der Waals surface area contributed by atoms with Crippen LogP contribution in [0.3, 0.4) is 0 Å². The van der Waals surface area contributed by atoms with Gasteiger partial charge >= 0.3 is 11.9 Å². The molecule has 4 aromatic rings. The highest BCUT2D eigenvalue weighted by molar-refractivity contribution is 5.90. The molecule has 1 fully saturated rings. The average Bonchev–Trinajstić information content (AvgIpc) is 3.36. The smallest absolute Gasteiger partial charge is 0.325 e. The number of carboxylic acid groups (broad SMARTS) is 2. The van der Waals surface area contributed by atoms with Gasteiger partial charge in [0.05, 0.1) is 0 Å². The highest BCUT2D eigenvalue weighted by Crippen LogP contribution is 2.36. The van der Waals surface area contributed by atoms with E-state index in [9.17, 15) is 19.8 Å². The molecule has 0 saturated carbocycles. The zero-order valence-electron chi connectivity index (χ0n) is 17.3. The number of hydrogen-bond donors (Lipinski definition) is 2. The second-order valence-electron chi connectivity index (χ2n) is 8.19. The van der Waals surface area contributed by atoms with Gasteiger partial charge in [0.25, 0.3) is 0 Å². The van der Waals surface area contributed by atoms with Gasteiger partial charge in [0, 0.05) is 41.7 Å². The van der Waals surface area contributed by atoms with Crippen LogP contribution in [0.15, 0.2) is 59.1 Å². The van der Waals surface area contributed by atoms with E-state index in [0.717, 1.165) is 34.8 Å². The Morgan fingerprint density at radius 3 is 2.50 bits per heavy atom. The summed E-state index contributed by atoms with van der Waals surface area (Å²) < 4.78 is 7.53. The van der Waals surface area contributed by atoms with Crippen molar-refractivity contribution in [2.24, 2.45) is 0 Å². The molecule has 164 valence electrons. The molecule has 8 nitrogen and oxygen atoms in total. The zero-order chi connectivity index (χ0) is 22.2. The van der Waals surface area contributed by atoms with Crippen molar-refractivity contribution < 1.29 is 24.2 Å². The van der Waals surface area contributed by atoms with Crippen LogP contribution in [0.1, 0.15) is 36.3 Å². The number of aromatic nitrogens is 2. The lowest BCUT2D eigenvalue weighted by atomic mass is 9.94. The molecule has 2 aromatic carbocycles. The molecular formula is C24H23N3O5. The molecule has 8 heteroatoms. The highest BCUT2D eigenvalue weighted by Gasteiger charge is 2.34. The van der Waals surface area contributed by atoms with Crippen LogP contribution in [-0.4, -0.2) is 49.7 Å². The van der Waals surface area contributed by atoms with Crippen molar-refractivity contribution in [2.45, 2.75) is 31.3 Å². The summed E-state index contributed by atoms with van der Waals surface area (Å²) in [5.74, 6) is -1.07. The van der Waals surface area contributed by atoms with E-state index in [0.29, 0.717) is 24.5 Å². The van der Waals surface area contributed by atoms with Crippen LogP contribution in [0.4, 0.5) is 0 Å². The third-order valence-electron chi connectivity index (χ3n) is 6.21. The quantitative estimate of drug-likeness (QED) is 0.475. The topological polar surface area (TPSA) is 109 Å². The normalized spacial score (nSPS) is 16.5. The Balaban J connectivity index is 1.41. The van der Waals surface area contributed by atoms with Crippen molar-refractivity contribution in [3.63, 3.8) is 0 Å². The van der Waals surface area contributed by atoms with Gasteiger partial charge in [-0.05, 0) is 31.0 Å². The van der Waals surface area contributed by atoms with Crippen molar-refractivity contribution in [1.29, 1.82) is 0 Å². The van der Waals surface area contributed by atoms with Crippen LogP contribution in [0.5, 0.6) is 0 Å². The molecule has 0 amide bonds. The number of benzene rings is 2. The van der Waals surface area contributed by atoms with Gasteiger partial charge in [-0.2, -0.15) is 0 Å². The molecule has 0 aliphatic carbocycles. The second kappa shape index (κ2) is 8.12. The SMILES string of the molecule is O=C(O)Cn1cc([C@@H](C(=O)O)N2CCC(c3nc4ccccc4o3)CC2)c2ccccc21. The van der Waals surface area contributed by atoms with Crippen LogP contribution in [0, 0.1) is 0 Å². The Hall–Kier alpha value is -3.65. The highest BCUT2D eigenvalue weighted by atomic mass is 16.4. The Bertz CT molecular complexity index is 1270. The van der Waals surface area contributed by atoms with Crippen LogP contribution < -0.4 is 0 Å². The van der Waals surface area contributed by atoms with E-state index in [1.54, 1.807) is 10.8 Å². The Kier molecular flexibility index (Phi) is 5.14. The molecule has 32 heavy (non-hydrogen) atoms. The maximum Gasteiger partial charge on any atom is 0.325 e. The minimum absolute atomic E-state index is 0.140. The first-order chi connectivity index (χ1) is 15.5. The standard InChI is InChI=1S/C24H23N3O5/c28-21(29)14-27-13-17(16-5-1-3-7-19(16)27)22(24(30)31)26-11-9-15(10-12-26)23-25-18-6-2-4-8-20(18)32-23/h1-8,13,15,22H,9-12,14H2,(H,28,29)(H,30,31)/t22-/m0/s1. The number of piperidine rings is 1. The van der Waals surface area contributed by atoms with E-state index in [1.165, 1.54) is 0 Å². The summed E-state index contributed by atoms with van der Waals surface area (Å²) in [5, 5.41) is 20.1. The van der Waals surface area contributed by atoms with Gasteiger partial charge in [0.15, 0.2) is 11.5 Å². The number of likely N-dealkylation sites (tertiary alicyclic amines) is 1. The van der Waals surface area contributed by atoms with Gasteiger partial charge in [0.1, 0.15) is 18.1 Å². The van der Waals surface area contributed by atoms with Crippen molar-refractivity contribution in [1.82, 2.24) is 14.5 Å². The zero-order valence-corrected chi connectivity index (χ0v) is 17.3. The van der Waals surface area contributed by atoms with Crippen molar-refractivity contribution in [2.75, 3.05) is 13.1 Å². The molecule has 2 aromatic heterocycles. The molecule has 3 heterocycles. The largest absolute Gasteiger partial charge is 0.480 e. The molecule has 1 aliphatic heterocycles. The fourth-order valence-electron chi connectivity index (χ4n) is 4.72. The van der Waals surface area contributed by atoms with Gasteiger partial charge in [-0.1, -0.05) is 30.3 Å². The van der Waals surface area contributed by atoms with Crippen LogP contribution in [0.25, 0.3) is 22.0 Å². The Morgan fingerprint density at radius 2 is 1.78 bits per heavy atom. The molecule has 1 saturated heterocycles. The van der Waals surface area contributed by atoms with Crippen LogP contribution >= 0.6 is 0 Å². The molecule has 0 radical (unpaired) electrons. The molecular weight excluding hydrogens is 410 g/mol. The number of carbonyl (C=O) groups is 2. The Morgan fingerprint density at radius 1 is 1.06 bits per heavy atom. The van der Waals surface area contributed by atoms with E-state index in [1.807, 2.05) is 53.4 Å². The first-order valence-corrected chi connectivity index (χ1v) is 10.6. The fraction of sp³-hybridized carbons (Fsp3) is 0.292. The predicted molar refractivity (Wildman–Crippen MR) is 118 cm³/mol. The van der Waals surface area contributed by atoms with E-state index < -0.39 is 18.0 Å². The van der Waals surface area contributed by atoms with E-state index in [4.69, 9.17) is 4.42 Å². The summed E-state index contributed by atoms with van der Waals surface area (Å²) in [6.45, 7) is 0.949. The van der Waals surface area contributed by atoms with Gasteiger partial charge < -0.3 is 19.2 Å². The molecule has 0 bridgehead atoms. The number of aliphatic carboxylic acids is 2. The van der Waals surface area contributed by atoms with Gasteiger partial charge in [-0.25, -0.2) is 4.98 Å². The molecule has 5 rings (SSSR count). The number of carboxylic acids is 2. The van der Waals surface area contributed by atoms with Gasteiger partial charge in [-0.15, -0.1) is 0 Å². The number of para-hydroxylation sites is 3. The molecule has 0 spiro atoms. The number of oxazole rings is 1. The molecule has 1 aliphatic rings. The molecule has 0 unspecified atom stereocenters. The predicted octanol–water partition coefficient (Wildman–Crippen LogP) is 3.87. The Labute approximate surface area is 183 Å². The van der Waals surface area contributed by atoms with E-state index >= 15 is 0 Å². The monoisotopic (exact) mass is 433 g/mol. The minimum atomic E-state index is -0.969. The van der Waals surface area contributed by atoms with Crippen molar-refractivity contribution in [3.05, 3.63) is 66.2 Å². The minimum Gasteiger partial charge on any atom is -0.480 e.